The van der Waals surface area contributed by atoms with E-state index in [1.54, 1.807) is 48.5 Å². The number of imide groups is 1. The molecular formula is C21H19N3O4. The molecule has 2 N–H and O–H groups in total. The summed E-state index contributed by atoms with van der Waals surface area (Å²) in [6.07, 6.45) is 1.16. The Bertz CT molecular complexity index is 933. The Labute approximate surface area is 162 Å². The summed E-state index contributed by atoms with van der Waals surface area (Å²) < 4.78 is 0. The molecule has 0 saturated heterocycles. The highest BCUT2D eigenvalue weighted by atomic mass is 16.2. The number of carbonyl (C=O) groups is 4. The molecular weight excluding hydrogens is 358 g/mol. The maximum atomic E-state index is 12.5. The lowest BCUT2D eigenvalue weighted by atomic mass is 10.1. The van der Waals surface area contributed by atoms with E-state index in [2.05, 4.69) is 17.2 Å². The van der Waals surface area contributed by atoms with E-state index in [9.17, 15) is 19.2 Å². The zero-order chi connectivity index (χ0) is 20.1. The van der Waals surface area contributed by atoms with Crippen LogP contribution in [0.3, 0.4) is 0 Å². The van der Waals surface area contributed by atoms with E-state index >= 15 is 0 Å². The Balaban J connectivity index is 1.60. The van der Waals surface area contributed by atoms with Crippen molar-refractivity contribution < 1.29 is 19.2 Å². The number of hydrogen-bond acceptors (Lipinski definition) is 4. The van der Waals surface area contributed by atoms with Gasteiger partial charge in [0.25, 0.3) is 17.7 Å². The Hall–Kier alpha value is -3.74. The third-order valence-electron chi connectivity index (χ3n) is 4.40. The Morgan fingerprint density at radius 3 is 2.18 bits per heavy atom. The van der Waals surface area contributed by atoms with Crippen LogP contribution in [0.15, 0.2) is 61.2 Å². The van der Waals surface area contributed by atoms with Gasteiger partial charge in [0, 0.05) is 25.2 Å². The summed E-state index contributed by atoms with van der Waals surface area (Å²) in [5.74, 6) is -1.40. The van der Waals surface area contributed by atoms with E-state index in [1.807, 2.05) is 0 Å². The lowest BCUT2D eigenvalue weighted by molar-refractivity contribution is -0.116. The van der Waals surface area contributed by atoms with Gasteiger partial charge in [-0.15, -0.1) is 0 Å². The van der Waals surface area contributed by atoms with Crippen molar-refractivity contribution in [3.63, 3.8) is 0 Å². The summed E-state index contributed by atoms with van der Waals surface area (Å²) >= 11 is 0. The molecule has 0 spiro atoms. The third kappa shape index (κ3) is 3.83. The number of fused-ring (bicyclic) bond motifs is 1. The predicted molar refractivity (Wildman–Crippen MR) is 103 cm³/mol. The topological polar surface area (TPSA) is 95.6 Å². The van der Waals surface area contributed by atoms with Crippen molar-refractivity contribution in [2.24, 2.45) is 0 Å². The van der Waals surface area contributed by atoms with Gasteiger partial charge >= 0.3 is 0 Å². The molecule has 0 saturated carbocycles. The lowest BCUT2D eigenvalue weighted by Crippen LogP contribution is -2.38. The van der Waals surface area contributed by atoms with E-state index < -0.39 is 0 Å². The summed E-state index contributed by atoms with van der Waals surface area (Å²) in [7, 11) is 0. The van der Waals surface area contributed by atoms with Crippen molar-refractivity contribution in [2.75, 3.05) is 13.1 Å². The monoisotopic (exact) mass is 377 g/mol. The lowest BCUT2D eigenvalue weighted by Gasteiger charge is -2.15. The highest BCUT2D eigenvalue weighted by molar-refractivity contribution is 6.21. The smallest absolute Gasteiger partial charge is 0.261 e. The van der Waals surface area contributed by atoms with Crippen molar-refractivity contribution in [1.82, 2.24) is 15.5 Å². The third-order valence-corrected chi connectivity index (χ3v) is 4.40. The first-order chi connectivity index (χ1) is 13.5. The number of nitrogens with zero attached hydrogens (tertiary/aromatic N) is 1. The molecule has 0 aromatic heterocycles. The fraction of sp³-hybridized carbons (Fsp3) is 0.143. The van der Waals surface area contributed by atoms with Gasteiger partial charge in [0.1, 0.15) is 0 Å². The van der Waals surface area contributed by atoms with Crippen molar-refractivity contribution in [3.05, 3.63) is 83.4 Å². The molecule has 0 radical (unpaired) electrons. The summed E-state index contributed by atoms with van der Waals surface area (Å²) in [6.45, 7) is 3.77. The second-order valence-electron chi connectivity index (χ2n) is 6.14. The standard InChI is InChI=1S/C21H19N3O4/c1-2-18(25)23-13-14-7-3-4-8-15(14)19(26)22-11-12-24-20(27)16-9-5-6-10-17(16)21(24)28/h2-10H,1,11-13H2,(H,22,26)(H,23,25). The maximum absolute atomic E-state index is 12.5. The molecule has 4 amide bonds. The zero-order valence-corrected chi connectivity index (χ0v) is 15.1. The molecule has 7 nitrogen and oxygen atoms in total. The average molecular weight is 377 g/mol. The quantitative estimate of drug-likeness (QED) is 0.565. The normalized spacial score (nSPS) is 12.5. The van der Waals surface area contributed by atoms with Gasteiger partial charge in [0.05, 0.1) is 11.1 Å². The molecule has 0 fully saturated rings. The molecule has 1 aliphatic heterocycles. The molecule has 1 aliphatic rings. The molecule has 142 valence electrons. The fourth-order valence-electron chi connectivity index (χ4n) is 2.97. The first-order valence-electron chi connectivity index (χ1n) is 8.74. The summed E-state index contributed by atoms with van der Waals surface area (Å²) in [6, 6.07) is 13.5. The second kappa shape index (κ2) is 8.30. The molecule has 7 heteroatoms. The molecule has 2 aromatic rings. The average Bonchev–Trinajstić information content (AvgIpc) is 2.97. The molecule has 0 atom stereocenters. The molecule has 2 aromatic carbocycles. The van der Waals surface area contributed by atoms with Crippen LogP contribution in [0.4, 0.5) is 0 Å². The Morgan fingerprint density at radius 2 is 1.54 bits per heavy atom. The van der Waals surface area contributed by atoms with Gasteiger partial charge < -0.3 is 10.6 Å². The van der Waals surface area contributed by atoms with Crippen LogP contribution in [-0.4, -0.2) is 41.6 Å². The van der Waals surface area contributed by atoms with Crippen molar-refractivity contribution in [3.8, 4) is 0 Å². The minimum absolute atomic E-state index is 0.0768. The van der Waals surface area contributed by atoms with Crippen molar-refractivity contribution in [2.45, 2.75) is 6.54 Å². The molecule has 0 unspecified atom stereocenters. The highest BCUT2D eigenvalue weighted by Crippen LogP contribution is 2.21. The Kier molecular flexibility index (Phi) is 5.64. The fourth-order valence-corrected chi connectivity index (χ4v) is 2.97. The van der Waals surface area contributed by atoms with E-state index in [0.717, 1.165) is 11.0 Å². The van der Waals surface area contributed by atoms with Crippen LogP contribution in [0, 0.1) is 0 Å². The van der Waals surface area contributed by atoms with E-state index in [1.165, 1.54) is 0 Å². The number of rotatable bonds is 7. The molecule has 1 heterocycles. The van der Waals surface area contributed by atoms with Gasteiger partial charge in [-0.2, -0.15) is 0 Å². The molecule has 28 heavy (non-hydrogen) atoms. The molecule has 3 rings (SSSR count). The van der Waals surface area contributed by atoms with Gasteiger partial charge in [-0.05, 0) is 29.8 Å². The molecule has 0 aliphatic carbocycles. The van der Waals surface area contributed by atoms with Gasteiger partial charge in [-0.1, -0.05) is 36.9 Å². The van der Waals surface area contributed by atoms with Crippen LogP contribution in [0.25, 0.3) is 0 Å². The summed E-state index contributed by atoms with van der Waals surface area (Å²) in [4.78, 5) is 49.6. The van der Waals surface area contributed by atoms with Crippen LogP contribution in [0.2, 0.25) is 0 Å². The van der Waals surface area contributed by atoms with Gasteiger partial charge in [-0.3, -0.25) is 24.1 Å². The SMILES string of the molecule is C=CC(=O)NCc1ccccc1C(=O)NCCN1C(=O)c2ccccc2C1=O. The largest absolute Gasteiger partial charge is 0.350 e. The van der Waals surface area contributed by atoms with E-state index in [0.29, 0.717) is 22.3 Å². The number of amides is 4. The number of nitrogens with one attached hydrogen (secondary N) is 2. The number of benzene rings is 2. The van der Waals surface area contributed by atoms with Gasteiger partial charge in [0.2, 0.25) is 5.91 Å². The highest BCUT2D eigenvalue weighted by Gasteiger charge is 2.34. The number of carbonyl (C=O) groups excluding carboxylic acids is 4. The minimum Gasteiger partial charge on any atom is -0.350 e. The van der Waals surface area contributed by atoms with Crippen LogP contribution in [-0.2, 0) is 11.3 Å². The predicted octanol–water partition coefficient (Wildman–Crippen LogP) is 1.51. The maximum Gasteiger partial charge on any atom is 0.261 e. The second-order valence-corrected chi connectivity index (χ2v) is 6.14. The summed E-state index contributed by atoms with van der Waals surface area (Å²) in [5, 5.41) is 5.35. The first-order valence-corrected chi connectivity index (χ1v) is 8.74. The van der Waals surface area contributed by atoms with Crippen LogP contribution < -0.4 is 10.6 Å². The zero-order valence-electron chi connectivity index (χ0n) is 15.1. The van der Waals surface area contributed by atoms with Crippen LogP contribution in [0.1, 0.15) is 36.6 Å². The van der Waals surface area contributed by atoms with Crippen LogP contribution in [0.5, 0.6) is 0 Å². The van der Waals surface area contributed by atoms with E-state index in [-0.39, 0.29) is 43.3 Å². The Morgan fingerprint density at radius 1 is 0.929 bits per heavy atom. The summed E-state index contributed by atoms with van der Waals surface area (Å²) in [5.41, 5.74) is 1.81. The van der Waals surface area contributed by atoms with Crippen molar-refractivity contribution in [1.29, 1.82) is 0 Å². The van der Waals surface area contributed by atoms with Crippen molar-refractivity contribution >= 4 is 23.6 Å². The van der Waals surface area contributed by atoms with Gasteiger partial charge in [0.15, 0.2) is 0 Å². The number of hydrogen-bond donors (Lipinski definition) is 2. The minimum atomic E-state index is -0.359. The van der Waals surface area contributed by atoms with Gasteiger partial charge in [-0.25, -0.2) is 0 Å². The first kappa shape index (κ1) is 19.0. The molecule has 0 bridgehead atoms. The van der Waals surface area contributed by atoms with E-state index in [4.69, 9.17) is 0 Å². The van der Waals surface area contributed by atoms with Crippen LogP contribution >= 0.6 is 0 Å².